The molecule has 4 heteroatoms. The first-order chi connectivity index (χ1) is 9.19. The van der Waals surface area contributed by atoms with Crippen LogP contribution in [0.3, 0.4) is 0 Å². The number of carbonyl (C=O) groups excluding carboxylic acids is 1. The number of aryl methyl sites for hydroxylation is 1. The average molecular weight is 262 g/mol. The fourth-order valence-electron chi connectivity index (χ4n) is 2.66. The molecule has 0 heterocycles. The lowest BCUT2D eigenvalue weighted by molar-refractivity contribution is -0.122. The summed E-state index contributed by atoms with van der Waals surface area (Å²) in [6, 6.07) is 7.86. The van der Waals surface area contributed by atoms with Crippen LogP contribution in [0.5, 0.6) is 0 Å². The second kappa shape index (κ2) is 6.57. The van der Waals surface area contributed by atoms with Crippen molar-refractivity contribution in [2.75, 3.05) is 12.8 Å². The van der Waals surface area contributed by atoms with E-state index in [2.05, 4.69) is 5.32 Å². The Hall–Kier alpha value is -1.55. The topological polar surface area (TPSA) is 64.3 Å². The van der Waals surface area contributed by atoms with Crippen molar-refractivity contribution in [1.29, 1.82) is 0 Å². The van der Waals surface area contributed by atoms with E-state index in [-0.39, 0.29) is 18.1 Å². The second-order valence-electron chi connectivity index (χ2n) is 5.12. The van der Waals surface area contributed by atoms with Gasteiger partial charge >= 0.3 is 0 Å². The van der Waals surface area contributed by atoms with Crippen molar-refractivity contribution in [3.8, 4) is 0 Å². The van der Waals surface area contributed by atoms with Crippen LogP contribution in [0.15, 0.2) is 24.3 Å². The molecule has 1 aliphatic rings. The zero-order chi connectivity index (χ0) is 13.7. The Morgan fingerprint density at radius 1 is 1.47 bits per heavy atom. The number of hydrogen-bond acceptors (Lipinski definition) is 3. The number of hydrogen-bond donors (Lipinski definition) is 2. The van der Waals surface area contributed by atoms with Gasteiger partial charge in [-0.2, -0.15) is 0 Å². The van der Waals surface area contributed by atoms with Crippen molar-refractivity contribution in [1.82, 2.24) is 5.32 Å². The zero-order valence-corrected chi connectivity index (χ0v) is 11.4. The first-order valence-electron chi connectivity index (χ1n) is 6.85. The molecule has 1 aromatic carbocycles. The molecule has 0 radical (unpaired) electrons. The number of amides is 1. The Kier molecular flexibility index (Phi) is 4.80. The molecule has 3 N–H and O–H groups in total. The maximum absolute atomic E-state index is 11.9. The van der Waals surface area contributed by atoms with Crippen LogP contribution in [0.4, 0.5) is 5.69 Å². The van der Waals surface area contributed by atoms with Gasteiger partial charge in [-0.05, 0) is 43.4 Å². The van der Waals surface area contributed by atoms with Crippen LogP contribution < -0.4 is 11.1 Å². The summed E-state index contributed by atoms with van der Waals surface area (Å²) in [4.78, 5) is 11.9. The zero-order valence-electron chi connectivity index (χ0n) is 11.4. The van der Waals surface area contributed by atoms with E-state index in [1.54, 1.807) is 7.11 Å². The Labute approximate surface area is 114 Å². The molecule has 1 fully saturated rings. The van der Waals surface area contributed by atoms with Crippen LogP contribution in [0, 0.1) is 0 Å². The molecular weight excluding hydrogens is 240 g/mol. The third-order valence-electron chi connectivity index (χ3n) is 3.69. The maximum Gasteiger partial charge on any atom is 0.220 e. The summed E-state index contributed by atoms with van der Waals surface area (Å²) in [5.74, 6) is 0.0939. The largest absolute Gasteiger partial charge is 0.399 e. The third-order valence-corrected chi connectivity index (χ3v) is 3.69. The number of nitrogens with two attached hydrogens (primary N) is 1. The average Bonchev–Trinajstić information content (AvgIpc) is 2.84. The van der Waals surface area contributed by atoms with Crippen molar-refractivity contribution in [3.05, 3.63) is 29.8 Å². The number of carbonyl (C=O) groups is 1. The summed E-state index contributed by atoms with van der Waals surface area (Å²) in [6.07, 6.45) is 4.58. The van der Waals surface area contributed by atoms with Crippen molar-refractivity contribution >= 4 is 11.6 Å². The summed E-state index contributed by atoms with van der Waals surface area (Å²) in [6.45, 7) is 0. The molecule has 2 atom stereocenters. The van der Waals surface area contributed by atoms with Crippen molar-refractivity contribution in [3.63, 3.8) is 0 Å². The van der Waals surface area contributed by atoms with Crippen molar-refractivity contribution < 1.29 is 9.53 Å². The molecule has 1 amide bonds. The highest BCUT2D eigenvalue weighted by molar-refractivity contribution is 5.76. The first kappa shape index (κ1) is 13.9. The van der Waals surface area contributed by atoms with E-state index in [1.807, 2.05) is 24.3 Å². The van der Waals surface area contributed by atoms with Gasteiger partial charge < -0.3 is 15.8 Å². The molecule has 2 rings (SSSR count). The summed E-state index contributed by atoms with van der Waals surface area (Å²) >= 11 is 0. The quantitative estimate of drug-likeness (QED) is 0.796. The number of anilines is 1. The summed E-state index contributed by atoms with van der Waals surface area (Å²) < 4.78 is 5.37. The highest BCUT2D eigenvalue weighted by atomic mass is 16.5. The minimum atomic E-state index is 0.0939. The Morgan fingerprint density at radius 3 is 3.05 bits per heavy atom. The van der Waals surface area contributed by atoms with Gasteiger partial charge in [-0.25, -0.2) is 0 Å². The van der Waals surface area contributed by atoms with Gasteiger partial charge in [0.2, 0.25) is 5.91 Å². The van der Waals surface area contributed by atoms with E-state index in [0.29, 0.717) is 6.42 Å². The molecule has 4 nitrogen and oxygen atoms in total. The smallest absolute Gasteiger partial charge is 0.220 e. The predicted octanol–water partition coefficient (Wildman–Crippen LogP) is 1.89. The monoisotopic (exact) mass is 262 g/mol. The Morgan fingerprint density at radius 2 is 2.32 bits per heavy atom. The van der Waals surface area contributed by atoms with E-state index in [1.165, 1.54) is 0 Å². The van der Waals surface area contributed by atoms with Gasteiger partial charge in [0.05, 0.1) is 12.1 Å². The highest BCUT2D eigenvalue weighted by Crippen LogP contribution is 2.21. The molecule has 19 heavy (non-hydrogen) atoms. The van der Waals surface area contributed by atoms with Gasteiger partial charge in [-0.1, -0.05) is 12.1 Å². The lowest BCUT2D eigenvalue weighted by atomic mass is 10.1. The number of nitrogens with one attached hydrogen (secondary N) is 1. The Bertz CT molecular complexity index is 434. The van der Waals surface area contributed by atoms with Crippen LogP contribution in [0.1, 0.15) is 31.2 Å². The van der Waals surface area contributed by atoms with E-state index >= 15 is 0 Å². The summed E-state index contributed by atoms with van der Waals surface area (Å²) in [5.41, 5.74) is 7.56. The number of ether oxygens (including phenoxy) is 1. The van der Waals surface area contributed by atoms with E-state index in [9.17, 15) is 4.79 Å². The standard InChI is InChI=1S/C15H22N2O2/c1-19-14-7-3-6-13(14)17-15(18)9-8-11-4-2-5-12(16)10-11/h2,4-5,10,13-14H,3,6-9,16H2,1H3,(H,17,18). The highest BCUT2D eigenvalue weighted by Gasteiger charge is 2.28. The minimum absolute atomic E-state index is 0.0939. The van der Waals surface area contributed by atoms with Gasteiger partial charge in [0.1, 0.15) is 0 Å². The summed E-state index contributed by atoms with van der Waals surface area (Å²) in [7, 11) is 1.71. The fraction of sp³-hybridized carbons (Fsp3) is 0.533. The molecule has 104 valence electrons. The molecule has 0 aromatic heterocycles. The molecule has 0 aliphatic heterocycles. The molecule has 1 saturated carbocycles. The van der Waals surface area contributed by atoms with Crippen LogP contribution in [0.25, 0.3) is 0 Å². The Balaban J connectivity index is 1.78. The molecule has 1 aromatic rings. The minimum Gasteiger partial charge on any atom is -0.399 e. The van der Waals surface area contributed by atoms with E-state index < -0.39 is 0 Å². The molecular formula is C15H22N2O2. The van der Waals surface area contributed by atoms with Gasteiger partial charge in [0.25, 0.3) is 0 Å². The molecule has 0 bridgehead atoms. The number of rotatable bonds is 5. The molecule has 1 aliphatic carbocycles. The van der Waals surface area contributed by atoms with Gasteiger partial charge in [0.15, 0.2) is 0 Å². The SMILES string of the molecule is COC1CCCC1NC(=O)CCc1cccc(N)c1. The molecule has 0 spiro atoms. The summed E-state index contributed by atoms with van der Waals surface area (Å²) in [5, 5.41) is 3.07. The first-order valence-corrected chi connectivity index (χ1v) is 6.85. The fourth-order valence-corrected chi connectivity index (χ4v) is 2.66. The number of nitrogen functional groups attached to an aromatic ring is 1. The van der Waals surface area contributed by atoms with Crippen LogP contribution >= 0.6 is 0 Å². The third kappa shape index (κ3) is 3.96. The van der Waals surface area contributed by atoms with E-state index in [4.69, 9.17) is 10.5 Å². The molecule has 0 saturated heterocycles. The number of benzene rings is 1. The van der Waals surface area contributed by atoms with Gasteiger partial charge in [-0.15, -0.1) is 0 Å². The lowest BCUT2D eigenvalue weighted by Gasteiger charge is -2.19. The maximum atomic E-state index is 11.9. The lowest BCUT2D eigenvalue weighted by Crippen LogP contribution is -2.40. The predicted molar refractivity (Wildman–Crippen MR) is 75.8 cm³/mol. The van der Waals surface area contributed by atoms with Crippen molar-refractivity contribution in [2.24, 2.45) is 0 Å². The second-order valence-corrected chi connectivity index (χ2v) is 5.12. The van der Waals surface area contributed by atoms with Crippen LogP contribution in [-0.4, -0.2) is 25.2 Å². The van der Waals surface area contributed by atoms with Crippen LogP contribution in [-0.2, 0) is 16.0 Å². The normalized spacial score (nSPS) is 22.4. The van der Waals surface area contributed by atoms with Gasteiger partial charge in [-0.3, -0.25) is 4.79 Å². The van der Waals surface area contributed by atoms with Gasteiger partial charge in [0, 0.05) is 19.2 Å². The van der Waals surface area contributed by atoms with Crippen LogP contribution in [0.2, 0.25) is 0 Å². The number of methoxy groups -OCH3 is 1. The molecule has 2 unspecified atom stereocenters. The van der Waals surface area contributed by atoms with Crippen molar-refractivity contribution in [2.45, 2.75) is 44.2 Å². The van der Waals surface area contributed by atoms with E-state index in [0.717, 1.165) is 36.9 Å².